The SMILES string of the molecule is CCc1ccccc1N(CC(=O)N(Cc1cccc(C)c1)[C@H](C)C(=O)N[C@@H](C)CC)S(=O)(=O)c1ccc(C)cc1. The fraction of sp³-hybridized carbons (Fsp3) is 0.375. The van der Waals surface area contributed by atoms with Crippen LogP contribution in [0.5, 0.6) is 0 Å². The van der Waals surface area contributed by atoms with Gasteiger partial charge in [0.15, 0.2) is 0 Å². The third kappa shape index (κ3) is 7.50. The van der Waals surface area contributed by atoms with Gasteiger partial charge in [-0.25, -0.2) is 8.42 Å². The standard InChI is InChI=1S/C32H41N3O4S/c1-7-25(5)33-32(37)26(6)34(21-27-13-11-12-24(4)20-27)31(36)22-35(30-15-10-9-14-28(30)8-2)40(38,39)29-18-16-23(3)17-19-29/h9-20,25-26H,7-8,21-22H2,1-6H3,(H,33,37)/t25-,26+/m0/s1. The Balaban J connectivity index is 2.06. The molecule has 2 amide bonds. The monoisotopic (exact) mass is 563 g/mol. The minimum absolute atomic E-state index is 0.0549. The van der Waals surface area contributed by atoms with Crippen LogP contribution in [0.3, 0.4) is 0 Å². The van der Waals surface area contributed by atoms with Crippen LogP contribution in [0, 0.1) is 13.8 Å². The molecule has 0 radical (unpaired) electrons. The Labute approximate surface area is 239 Å². The van der Waals surface area contributed by atoms with Crippen molar-refractivity contribution in [3.05, 3.63) is 95.1 Å². The third-order valence-electron chi connectivity index (χ3n) is 7.13. The third-order valence-corrected chi connectivity index (χ3v) is 8.91. The van der Waals surface area contributed by atoms with Crippen LogP contribution >= 0.6 is 0 Å². The van der Waals surface area contributed by atoms with Crippen molar-refractivity contribution in [3.8, 4) is 0 Å². The topological polar surface area (TPSA) is 86.8 Å². The molecular formula is C32H41N3O4S. The first kappa shape index (κ1) is 30.9. The average Bonchev–Trinajstić information content (AvgIpc) is 2.94. The molecule has 0 saturated heterocycles. The fourth-order valence-electron chi connectivity index (χ4n) is 4.46. The number of carbonyl (C=O) groups is 2. The molecule has 1 N–H and O–H groups in total. The zero-order valence-corrected chi connectivity index (χ0v) is 25.2. The van der Waals surface area contributed by atoms with Crippen LogP contribution < -0.4 is 9.62 Å². The van der Waals surface area contributed by atoms with E-state index in [9.17, 15) is 18.0 Å². The summed E-state index contributed by atoms with van der Waals surface area (Å²) >= 11 is 0. The number of amides is 2. The van der Waals surface area contributed by atoms with E-state index in [1.807, 2.05) is 71.0 Å². The molecule has 0 aliphatic heterocycles. The van der Waals surface area contributed by atoms with E-state index in [0.717, 1.165) is 28.7 Å². The molecular weight excluding hydrogens is 522 g/mol. The summed E-state index contributed by atoms with van der Waals surface area (Å²) in [7, 11) is -4.10. The van der Waals surface area contributed by atoms with Crippen LogP contribution in [0.2, 0.25) is 0 Å². The lowest BCUT2D eigenvalue weighted by molar-refractivity contribution is -0.139. The smallest absolute Gasteiger partial charge is 0.264 e. The molecule has 0 saturated carbocycles. The van der Waals surface area contributed by atoms with E-state index in [-0.39, 0.29) is 23.4 Å². The Morgan fingerprint density at radius 1 is 0.875 bits per heavy atom. The number of hydrogen-bond donors (Lipinski definition) is 1. The molecule has 0 aliphatic carbocycles. The largest absolute Gasteiger partial charge is 0.352 e. The van der Waals surface area contributed by atoms with Gasteiger partial charge in [0.2, 0.25) is 11.8 Å². The van der Waals surface area contributed by atoms with E-state index < -0.39 is 28.5 Å². The first-order chi connectivity index (χ1) is 19.0. The maximum atomic E-state index is 14.1. The minimum atomic E-state index is -4.10. The number of carbonyl (C=O) groups excluding carboxylic acids is 2. The van der Waals surface area contributed by atoms with E-state index in [1.54, 1.807) is 43.3 Å². The second kappa shape index (κ2) is 13.6. The summed E-state index contributed by atoms with van der Waals surface area (Å²) in [5, 5.41) is 2.96. The predicted molar refractivity (Wildman–Crippen MR) is 161 cm³/mol. The maximum Gasteiger partial charge on any atom is 0.264 e. The van der Waals surface area contributed by atoms with Crippen molar-refractivity contribution in [1.29, 1.82) is 0 Å². The van der Waals surface area contributed by atoms with E-state index in [1.165, 1.54) is 9.21 Å². The van der Waals surface area contributed by atoms with Gasteiger partial charge in [0.1, 0.15) is 12.6 Å². The summed E-state index contributed by atoms with van der Waals surface area (Å²) in [6, 6.07) is 20.7. The van der Waals surface area contributed by atoms with Gasteiger partial charge in [-0.2, -0.15) is 0 Å². The highest BCUT2D eigenvalue weighted by molar-refractivity contribution is 7.92. The Bertz CT molecular complexity index is 1420. The molecule has 0 heterocycles. The van der Waals surface area contributed by atoms with Crippen molar-refractivity contribution in [2.45, 2.75) is 77.9 Å². The van der Waals surface area contributed by atoms with Gasteiger partial charge in [0, 0.05) is 12.6 Å². The highest BCUT2D eigenvalue weighted by Crippen LogP contribution is 2.28. The molecule has 40 heavy (non-hydrogen) atoms. The number of para-hydroxylation sites is 1. The lowest BCUT2D eigenvalue weighted by atomic mass is 10.1. The molecule has 3 aromatic carbocycles. The average molecular weight is 564 g/mol. The van der Waals surface area contributed by atoms with Crippen LogP contribution in [-0.4, -0.2) is 43.8 Å². The van der Waals surface area contributed by atoms with Gasteiger partial charge in [-0.05, 0) is 69.9 Å². The van der Waals surface area contributed by atoms with Crippen molar-refractivity contribution in [2.75, 3.05) is 10.8 Å². The number of benzene rings is 3. The van der Waals surface area contributed by atoms with E-state index in [0.29, 0.717) is 12.1 Å². The quantitative estimate of drug-likeness (QED) is 0.320. The lowest BCUT2D eigenvalue weighted by Gasteiger charge is -2.33. The van der Waals surface area contributed by atoms with Gasteiger partial charge in [-0.15, -0.1) is 0 Å². The molecule has 0 unspecified atom stereocenters. The highest BCUT2D eigenvalue weighted by atomic mass is 32.2. The summed E-state index contributed by atoms with van der Waals surface area (Å²) in [4.78, 5) is 28.8. The Kier molecular flexibility index (Phi) is 10.5. The molecule has 8 heteroatoms. The van der Waals surface area contributed by atoms with Gasteiger partial charge in [-0.1, -0.05) is 79.6 Å². The van der Waals surface area contributed by atoms with E-state index in [2.05, 4.69) is 5.32 Å². The Morgan fingerprint density at radius 3 is 2.17 bits per heavy atom. The van der Waals surface area contributed by atoms with Crippen molar-refractivity contribution in [3.63, 3.8) is 0 Å². The normalized spacial score (nSPS) is 12.8. The number of nitrogens with one attached hydrogen (secondary N) is 1. The molecule has 3 aromatic rings. The summed E-state index contributed by atoms with van der Waals surface area (Å²) in [6.07, 6.45) is 1.34. The van der Waals surface area contributed by atoms with E-state index in [4.69, 9.17) is 0 Å². The molecule has 0 fully saturated rings. The van der Waals surface area contributed by atoms with Crippen LogP contribution in [0.25, 0.3) is 0 Å². The maximum absolute atomic E-state index is 14.1. The van der Waals surface area contributed by atoms with Crippen LogP contribution in [0.1, 0.15) is 56.4 Å². The molecule has 2 atom stereocenters. The summed E-state index contributed by atoms with van der Waals surface area (Å²) in [5.74, 6) is -0.743. The van der Waals surface area contributed by atoms with Gasteiger partial charge in [0.05, 0.1) is 10.6 Å². The highest BCUT2D eigenvalue weighted by Gasteiger charge is 2.33. The van der Waals surface area contributed by atoms with Crippen LogP contribution in [0.15, 0.2) is 77.7 Å². The number of rotatable bonds is 12. The molecule has 0 aromatic heterocycles. The number of nitrogens with zero attached hydrogens (tertiary/aromatic N) is 2. The van der Waals surface area contributed by atoms with Crippen LogP contribution in [-0.2, 0) is 32.6 Å². The van der Waals surface area contributed by atoms with Crippen LogP contribution in [0.4, 0.5) is 5.69 Å². The van der Waals surface area contributed by atoms with Crippen molar-refractivity contribution >= 4 is 27.5 Å². The molecule has 0 bridgehead atoms. The predicted octanol–water partition coefficient (Wildman–Crippen LogP) is 5.39. The number of aryl methyl sites for hydroxylation is 3. The van der Waals surface area contributed by atoms with Gasteiger partial charge >= 0.3 is 0 Å². The number of sulfonamides is 1. The molecule has 0 spiro atoms. The first-order valence-corrected chi connectivity index (χ1v) is 15.2. The zero-order valence-electron chi connectivity index (χ0n) is 24.3. The van der Waals surface area contributed by atoms with E-state index >= 15 is 0 Å². The fourth-order valence-corrected chi connectivity index (χ4v) is 5.91. The Morgan fingerprint density at radius 2 is 1.55 bits per heavy atom. The zero-order chi connectivity index (χ0) is 29.4. The number of anilines is 1. The van der Waals surface area contributed by atoms with Crippen molar-refractivity contribution in [2.24, 2.45) is 0 Å². The summed E-state index contributed by atoms with van der Waals surface area (Å²) in [6.45, 7) is 11.1. The molecule has 0 aliphatic rings. The minimum Gasteiger partial charge on any atom is -0.352 e. The molecule has 3 rings (SSSR count). The summed E-state index contributed by atoms with van der Waals surface area (Å²) in [5.41, 5.74) is 4.08. The van der Waals surface area contributed by atoms with Crippen molar-refractivity contribution < 1.29 is 18.0 Å². The lowest BCUT2D eigenvalue weighted by Crippen LogP contribution is -2.52. The first-order valence-electron chi connectivity index (χ1n) is 13.8. The summed E-state index contributed by atoms with van der Waals surface area (Å²) < 4.78 is 29.3. The Hall–Kier alpha value is -3.65. The molecule has 214 valence electrons. The number of hydrogen-bond acceptors (Lipinski definition) is 4. The van der Waals surface area contributed by atoms with Gasteiger partial charge in [-0.3, -0.25) is 13.9 Å². The van der Waals surface area contributed by atoms with Gasteiger partial charge < -0.3 is 10.2 Å². The second-order valence-corrected chi connectivity index (χ2v) is 12.2. The second-order valence-electron chi connectivity index (χ2n) is 10.3. The van der Waals surface area contributed by atoms with Crippen molar-refractivity contribution in [1.82, 2.24) is 10.2 Å². The molecule has 7 nitrogen and oxygen atoms in total. The van der Waals surface area contributed by atoms with Gasteiger partial charge in [0.25, 0.3) is 10.0 Å².